The second-order valence-corrected chi connectivity index (χ2v) is 5.33. The van der Waals surface area contributed by atoms with Gasteiger partial charge in [-0.3, -0.25) is 4.79 Å². The van der Waals surface area contributed by atoms with Gasteiger partial charge in [-0.2, -0.15) is 0 Å². The first-order valence-corrected chi connectivity index (χ1v) is 7.66. The number of benzene rings is 1. The summed E-state index contributed by atoms with van der Waals surface area (Å²) in [5, 5.41) is 0. The average molecular weight is 293 g/mol. The fourth-order valence-electron chi connectivity index (χ4n) is 1.81. The highest BCUT2D eigenvalue weighted by molar-refractivity contribution is 5.96. The Morgan fingerprint density at radius 3 is 2.24 bits per heavy atom. The van der Waals surface area contributed by atoms with Crippen LogP contribution in [0.5, 0.6) is 11.5 Å². The monoisotopic (exact) mass is 293 g/mol. The fraction of sp³-hybridized carbons (Fsp3) is 0.588. The molecule has 0 N–H and O–H groups in total. The van der Waals surface area contributed by atoms with E-state index in [4.69, 9.17) is 9.47 Å². The SMILES string of the molecule is CCCOc1ccc(C(=O)CCN(C)C)cc1OCCC. The lowest BCUT2D eigenvalue weighted by molar-refractivity contribution is 0.0972. The molecule has 1 rings (SSSR count). The average Bonchev–Trinajstić information content (AvgIpc) is 2.48. The van der Waals surface area contributed by atoms with Crippen LogP contribution in [0.4, 0.5) is 0 Å². The zero-order valence-electron chi connectivity index (χ0n) is 13.6. The molecule has 0 aromatic heterocycles. The Morgan fingerprint density at radius 2 is 1.67 bits per heavy atom. The van der Waals surface area contributed by atoms with Crippen LogP contribution in [-0.4, -0.2) is 44.5 Å². The molecule has 0 aliphatic carbocycles. The molecule has 4 heteroatoms. The Bertz CT molecular complexity index is 444. The second-order valence-electron chi connectivity index (χ2n) is 5.33. The third-order valence-corrected chi connectivity index (χ3v) is 2.98. The van der Waals surface area contributed by atoms with Gasteiger partial charge in [-0.15, -0.1) is 0 Å². The molecule has 0 amide bonds. The molecule has 0 saturated heterocycles. The Kier molecular flexibility index (Phi) is 7.83. The van der Waals surface area contributed by atoms with Gasteiger partial charge in [0.25, 0.3) is 0 Å². The van der Waals surface area contributed by atoms with Crippen LogP contribution in [-0.2, 0) is 0 Å². The highest BCUT2D eigenvalue weighted by Crippen LogP contribution is 2.29. The lowest BCUT2D eigenvalue weighted by atomic mass is 10.1. The van der Waals surface area contributed by atoms with Crippen molar-refractivity contribution in [2.24, 2.45) is 0 Å². The zero-order valence-corrected chi connectivity index (χ0v) is 13.6. The van der Waals surface area contributed by atoms with Gasteiger partial charge in [-0.1, -0.05) is 13.8 Å². The summed E-state index contributed by atoms with van der Waals surface area (Å²) in [6.07, 6.45) is 2.37. The van der Waals surface area contributed by atoms with Gasteiger partial charge in [0, 0.05) is 18.5 Å². The van der Waals surface area contributed by atoms with Gasteiger partial charge < -0.3 is 14.4 Å². The molecule has 0 saturated carbocycles. The predicted octanol–water partition coefficient (Wildman–Crippen LogP) is 3.40. The van der Waals surface area contributed by atoms with Crippen LogP contribution in [0.1, 0.15) is 43.5 Å². The second kappa shape index (κ2) is 9.40. The number of hydrogen-bond donors (Lipinski definition) is 0. The molecule has 118 valence electrons. The normalized spacial score (nSPS) is 10.7. The molecular weight excluding hydrogens is 266 g/mol. The van der Waals surface area contributed by atoms with Crippen molar-refractivity contribution < 1.29 is 14.3 Å². The standard InChI is InChI=1S/C17H27NO3/c1-5-11-20-16-8-7-14(13-17(16)21-12-6-2)15(19)9-10-18(3)4/h7-8,13H,5-6,9-12H2,1-4H3. The number of ketones is 1. The highest BCUT2D eigenvalue weighted by Gasteiger charge is 2.12. The molecule has 21 heavy (non-hydrogen) atoms. The van der Waals surface area contributed by atoms with E-state index in [-0.39, 0.29) is 5.78 Å². The third kappa shape index (κ3) is 6.17. The van der Waals surface area contributed by atoms with Crippen molar-refractivity contribution in [1.29, 1.82) is 0 Å². The van der Waals surface area contributed by atoms with Gasteiger partial charge in [-0.05, 0) is 45.1 Å². The molecule has 4 nitrogen and oxygen atoms in total. The first-order valence-electron chi connectivity index (χ1n) is 7.66. The maximum absolute atomic E-state index is 12.2. The van der Waals surface area contributed by atoms with Crippen molar-refractivity contribution >= 4 is 5.78 Å². The van der Waals surface area contributed by atoms with E-state index in [1.807, 2.05) is 31.1 Å². The Balaban J connectivity index is 2.83. The number of Topliss-reactive ketones (excluding diaryl/α,β-unsaturated/α-hetero) is 1. The summed E-state index contributed by atoms with van der Waals surface area (Å²) in [6, 6.07) is 5.46. The quantitative estimate of drug-likeness (QED) is 0.620. The van der Waals surface area contributed by atoms with E-state index < -0.39 is 0 Å². The van der Waals surface area contributed by atoms with Crippen molar-refractivity contribution in [3.05, 3.63) is 23.8 Å². The molecule has 1 aromatic carbocycles. The lowest BCUT2D eigenvalue weighted by Crippen LogP contribution is -2.16. The van der Waals surface area contributed by atoms with Crippen molar-refractivity contribution in [1.82, 2.24) is 4.90 Å². The van der Waals surface area contributed by atoms with Gasteiger partial charge in [0.2, 0.25) is 0 Å². The molecule has 0 heterocycles. The summed E-state index contributed by atoms with van der Waals surface area (Å²) in [5.74, 6) is 1.52. The molecule has 0 spiro atoms. The van der Waals surface area contributed by atoms with E-state index >= 15 is 0 Å². The first-order chi connectivity index (χ1) is 10.1. The fourth-order valence-corrected chi connectivity index (χ4v) is 1.81. The summed E-state index contributed by atoms with van der Waals surface area (Å²) in [5.41, 5.74) is 0.687. The van der Waals surface area contributed by atoms with Crippen molar-refractivity contribution in [2.45, 2.75) is 33.1 Å². The Morgan fingerprint density at radius 1 is 1.05 bits per heavy atom. The summed E-state index contributed by atoms with van der Waals surface area (Å²) in [7, 11) is 3.93. The predicted molar refractivity (Wildman–Crippen MR) is 85.5 cm³/mol. The Labute approximate surface area is 128 Å². The maximum atomic E-state index is 12.2. The van der Waals surface area contributed by atoms with E-state index in [1.165, 1.54) is 0 Å². The summed E-state index contributed by atoms with van der Waals surface area (Å²) in [6.45, 7) is 6.14. The van der Waals surface area contributed by atoms with E-state index in [2.05, 4.69) is 13.8 Å². The van der Waals surface area contributed by atoms with E-state index in [9.17, 15) is 4.79 Å². The molecule has 0 aliphatic heterocycles. The van der Waals surface area contributed by atoms with E-state index in [1.54, 1.807) is 6.07 Å². The van der Waals surface area contributed by atoms with Crippen LogP contribution in [0.3, 0.4) is 0 Å². The van der Waals surface area contributed by atoms with Gasteiger partial charge >= 0.3 is 0 Å². The van der Waals surface area contributed by atoms with E-state index in [0.29, 0.717) is 30.9 Å². The third-order valence-electron chi connectivity index (χ3n) is 2.98. The number of carbonyl (C=O) groups excluding carboxylic acids is 1. The van der Waals surface area contributed by atoms with Crippen molar-refractivity contribution in [2.75, 3.05) is 33.9 Å². The minimum Gasteiger partial charge on any atom is -0.490 e. The van der Waals surface area contributed by atoms with Crippen LogP contribution >= 0.6 is 0 Å². The number of hydrogen-bond acceptors (Lipinski definition) is 4. The molecule has 0 radical (unpaired) electrons. The van der Waals surface area contributed by atoms with Crippen LogP contribution in [0.2, 0.25) is 0 Å². The molecule has 1 aromatic rings. The van der Waals surface area contributed by atoms with Gasteiger partial charge in [0.05, 0.1) is 13.2 Å². The van der Waals surface area contributed by atoms with Crippen LogP contribution in [0, 0.1) is 0 Å². The summed E-state index contributed by atoms with van der Waals surface area (Å²) >= 11 is 0. The maximum Gasteiger partial charge on any atom is 0.164 e. The first kappa shape index (κ1) is 17.5. The lowest BCUT2D eigenvalue weighted by Gasteiger charge is -2.14. The van der Waals surface area contributed by atoms with Crippen molar-refractivity contribution in [3.8, 4) is 11.5 Å². The topological polar surface area (TPSA) is 38.8 Å². The summed E-state index contributed by atoms with van der Waals surface area (Å²) in [4.78, 5) is 14.2. The smallest absolute Gasteiger partial charge is 0.164 e. The molecule has 0 aliphatic rings. The van der Waals surface area contributed by atoms with E-state index in [0.717, 1.165) is 25.1 Å². The minimum atomic E-state index is 0.132. The molecule has 0 unspecified atom stereocenters. The molecule has 0 bridgehead atoms. The van der Waals surface area contributed by atoms with Crippen LogP contribution in [0.15, 0.2) is 18.2 Å². The number of carbonyl (C=O) groups is 1. The minimum absolute atomic E-state index is 0.132. The Hall–Kier alpha value is -1.55. The zero-order chi connectivity index (χ0) is 15.7. The highest BCUT2D eigenvalue weighted by atomic mass is 16.5. The molecular formula is C17H27NO3. The van der Waals surface area contributed by atoms with Gasteiger partial charge in [0.1, 0.15) is 0 Å². The largest absolute Gasteiger partial charge is 0.490 e. The van der Waals surface area contributed by atoms with Gasteiger partial charge in [0.15, 0.2) is 17.3 Å². The van der Waals surface area contributed by atoms with Gasteiger partial charge in [-0.25, -0.2) is 0 Å². The van der Waals surface area contributed by atoms with Crippen LogP contribution in [0.25, 0.3) is 0 Å². The molecule has 0 atom stereocenters. The number of ether oxygens (including phenoxy) is 2. The van der Waals surface area contributed by atoms with Crippen LogP contribution < -0.4 is 9.47 Å². The molecule has 0 fully saturated rings. The number of nitrogens with zero attached hydrogens (tertiary/aromatic N) is 1. The van der Waals surface area contributed by atoms with Crippen molar-refractivity contribution in [3.63, 3.8) is 0 Å². The summed E-state index contributed by atoms with van der Waals surface area (Å²) < 4.78 is 11.4. The number of rotatable bonds is 10.